The number of hydrogen-bond acceptors (Lipinski definition) is 8. The largest absolute Gasteiger partial charge is 0.490 e. The maximum absolute atomic E-state index is 12.7. The molecule has 1 saturated carbocycles. The summed E-state index contributed by atoms with van der Waals surface area (Å²) in [6, 6.07) is 4.03. The van der Waals surface area contributed by atoms with E-state index >= 15 is 0 Å². The zero-order valence-corrected chi connectivity index (χ0v) is 18.5. The number of amides is 1. The molecule has 3 aromatic heterocycles. The highest BCUT2D eigenvalue weighted by molar-refractivity contribution is 6.08. The van der Waals surface area contributed by atoms with Gasteiger partial charge in [-0.25, -0.2) is 14.3 Å². The minimum Gasteiger partial charge on any atom is -0.475 e. The fourth-order valence-corrected chi connectivity index (χ4v) is 3.49. The van der Waals surface area contributed by atoms with Gasteiger partial charge in [0.05, 0.1) is 11.9 Å². The van der Waals surface area contributed by atoms with Crippen LogP contribution >= 0.6 is 0 Å². The molecule has 0 saturated heterocycles. The maximum atomic E-state index is 12.7. The first-order valence-electron chi connectivity index (χ1n) is 10.4. The summed E-state index contributed by atoms with van der Waals surface area (Å²) in [6.07, 6.45) is 3.98. The van der Waals surface area contributed by atoms with Gasteiger partial charge in [0.2, 0.25) is 0 Å². The Morgan fingerprint density at radius 3 is 2.63 bits per heavy atom. The Morgan fingerprint density at radius 2 is 2.00 bits per heavy atom. The number of nitrogens with zero attached hydrogens (tertiary/aromatic N) is 6. The molecule has 5 N–H and O–H groups in total. The quantitative estimate of drug-likeness (QED) is 0.423. The summed E-state index contributed by atoms with van der Waals surface area (Å²) in [5, 5.41) is 30.5. The number of carbonyl (C=O) groups excluding carboxylic acids is 1. The van der Waals surface area contributed by atoms with Crippen LogP contribution in [0.1, 0.15) is 41.7 Å². The van der Waals surface area contributed by atoms with Crippen molar-refractivity contribution in [3.05, 3.63) is 35.9 Å². The van der Waals surface area contributed by atoms with E-state index in [0.717, 1.165) is 25.7 Å². The molecule has 1 fully saturated rings. The van der Waals surface area contributed by atoms with Crippen LogP contribution in [0, 0.1) is 11.3 Å². The minimum absolute atomic E-state index is 0.0921. The predicted octanol–water partition coefficient (Wildman–Crippen LogP) is 1.90. The maximum Gasteiger partial charge on any atom is 0.490 e. The van der Waals surface area contributed by atoms with Crippen LogP contribution in [0.15, 0.2) is 24.7 Å². The van der Waals surface area contributed by atoms with E-state index in [1.54, 1.807) is 19.4 Å². The van der Waals surface area contributed by atoms with E-state index in [4.69, 9.17) is 20.9 Å². The first kappa shape index (κ1) is 25.4. The molecule has 4 rings (SSSR count). The lowest BCUT2D eigenvalue weighted by Gasteiger charge is -2.29. The molecule has 12 nitrogen and oxygen atoms in total. The molecule has 3 aromatic rings. The molecule has 3 heterocycles. The van der Waals surface area contributed by atoms with E-state index in [-0.39, 0.29) is 17.8 Å². The number of aryl methyl sites for hydroxylation is 1. The Kier molecular flexibility index (Phi) is 7.55. The number of hydrogen-bond donors (Lipinski definition) is 4. The lowest BCUT2D eigenvalue weighted by molar-refractivity contribution is -0.192. The molecule has 2 atom stereocenters. The molecule has 0 bridgehead atoms. The minimum atomic E-state index is -5.08. The number of alkyl halides is 3. The van der Waals surface area contributed by atoms with Gasteiger partial charge in [0, 0.05) is 31.5 Å². The molecule has 0 aromatic carbocycles. The molecule has 0 radical (unpaired) electrons. The fraction of sp³-hybridized carbons (Fsp3) is 0.400. The molecule has 35 heavy (non-hydrogen) atoms. The zero-order valence-electron chi connectivity index (χ0n) is 18.5. The number of nitrogens with one attached hydrogen (secondary N) is 2. The number of rotatable bonds is 4. The standard InChI is InChI=1S/C18H21N9O.C2HF3O2/c1-26-10-15(14(8-19)25-26)23-18(28)11-9-21-27-7-6-16(24-17(11)27)22-13-5-3-2-4-12(13)20;3-2(4,5)1(6)7/h6-7,9-10,12-13H,2-5,20H2,1H3,(H,22,24)(H,23,28);(H,6,7)/t12-,13+;/m0./s1. The Bertz CT molecular complexity index is 1260. The summed E-state index contributed by atoms with van der Waals surface area (Å²) in [6.45, 7) is 0. The van der Waals surface area contributed by atoms with E-state index in [1.165, 1.54) is 15.4 Å². The number of carbonyl (C=O) groups is 2. The number of halogens is 3. The molecule has 1 aliphatic carbocycles. The summed E-state index contributed by atoms with van der Waals surface area (Å²) >= 11 is 0. The van der Waals surface area contributed by atoms with E-state index < -0.39 is 18.1 Å². The van der Waals surface area contributed by atoms with E-state index in [2.05, 4.69) is 25.8 Å². The molecular weight excluding hydrogens is 471 g/mol. The summed E-state index contributed by atoms with van der Waals surface area (Å²) < 4.78 is 34.7. The number of carboxylic acid groups (broad SMARTS) is 1. The normalized spacial score (nSPS) is 17.7. The molecule has 186 valence electrons. The molecule has 15 heteroatoms. The highest BCUT2D eigenvalue weighted by atomic mass is 19.4. The summed E-state index contributed by atoms with van der Waals surface area (Å²) in [5.41, 5.74) is 7.43. The number of anilines is 2. The van der Waals surface area contributed by atoms with Crippen LogP contribution in [0.25, 0.3) is 5.65 Å². The van der Waals surface area contributed by atoms with Gasteiger partial charge in [-0.15, -0.1) is 0 Å². The van der Waals surface area contributed by atoms with Gasteiger partial charge in [0.1, 0.15) is 17.5 Å². The smallest absolute Gasteiger partial charge is 0.475 e. The van der Waals surface area contributed by atoms with Crippen molar-refractivity contribution < 1.29 is 27.9 Å². The van der Waals surface area contributed by atoms with E-state index in [1.807, 2.05) is 12.1 Å². The van der Waals surface area contributed by atoms with E-state index in [9.17, 15) is 18.0 Å². The molecule has 1 aliphatic rings. The van der Waals surface area contributed by atoms with Gasteiger partial charge >= 0.3 is 12.1 Å². The van der Waals surface area contributed by atoms with Crippen LogP contribution in [0.2, 0.25) is 0 Å². The van der Waals surface area contributed by atoms with Crippen LogP contribution in [-0.4, -0.2) is 59.6 Å². The second-order valence-electron chi connectivity index (χ2n) is 7.77. The Hall–Kier alpha value is -4.19. The van der Waals surface area contributed by atoms with Gasteiger partial charge < -0.3 is 21.5 Å². The third kappa shape index (κ3) is 6.23. The Labute approximate surface area is 196 Å². The number of aromatic nitrogens is 5. The van der Waals surface area contributed by atoms with Crippen molar-refractivity contribution in [3.8, 4) is 6.07 Å². The first-order valence-corrected chi connectivity index (χ1v) is 10.4. The lowest BCUT2D eigenvalue weighted by Crippen LogP contribution is -2.42. The van der Waals surface area contributed by atoms with Crippen molar-refractivity contribution in [3.63, 3.8) is 0 Å². The van der Waals surface area contributed by atoms with E-state index in [0.29, 0.717) is 22.7 Å². The third-order valence-electron chi connectivity index (χ3n) is 5.19. The van der Waals surface area contributed by atoms with Gasteiger partial charge in [-0.05, 0) is 18.9 Å². The topological polar surface area (TPSA) is 176 Å². The second kappa shape index (κ2) is 10.4. The van der Waals surface area contributed by atoms with Crippen molar-refractivity contribution in [2.45, 2.75) is 43.9 Å². The number of nitrogens with two attached hydrogens (primary N) is 1. The molecule has 1 amide bonds. The zero-order chi connectivity index (χ0) is 25.8. The van der Waals surface area contributed by atoms with Crippen molar-refractivity contribution in [2.75, 3.05) is 10.6 Å². The third-order valence-corrected chi connectivity index (χ3v) is 5.19. The number of nitriles is 1. The van der Waals surface area contributed by atoms with Crippen LogP contribution in [0.4, 0.5) is 24.7 Å². The van der Waals surface area contributed by atoms with Gasteiger partial charge in [-0.1, -0.05) is 12.8 Å². The van der Waals surface area contributed by atoms with Crippen LogP contribution in [-0.2, 0) is 11.8 Å². The highest BCUT2D eigenvalue weighted by Crippen LogP contribution is 2.21. The van der Waals surface area contributed by atoms with Crippen molar-refractivity contribution in [1.29, 1.82) is 5.26 Å². The summed E-state index contributed by atoms with van der Waals surface area (Å²) in [7, 11) is 1.68. The summed E-state index contributed by atoms with van der Waals surface area (Å²) in [4.78, 5) is 26.2. The van der Waals surface area contributed by atoms with Crippen LogP contribution in [0.3, 0.4) is 0 Å². The monoisotopic (exact) mass is 493 g/mol. The van der Waals surface area contributed by atoms with Crippen LogP contribution in [0.5, 0.6) is 0 Å². The van der Waals surface area contributed by atoms with Crippen molar-refractivity contribution in [2.24, 2.45) is 12.8 Å². The van der Waals surface area contributed by atoms with Gasteiger partial charge in [-0.2, -0.15) is 28.6 Å². The number of aliphatic carboxylic acids is 1. The van der Waals surface area contributed by atoms with Gasteiger partial charge in [0.15, 0.2) is 11.3 Å². The summed E-state index contributed by atoms with van der Waals surface area (Å²) in [5.74, 6) is -2.51. The van der Waals surface area contributed by atoms with Gasteiger partial charge in [-0.3, -0.25) is 9.48 Å². The second-order valence-corrected chi connectivity index (χ2v) is 7.77. The van der Waals surface area contributed by atoms with Crippen LogP contribution < -0.4 is 16.4 Å². The number of carboxylic acids is 1. The first-order chi connectivity index (χ1) is 16.5. The Morgan fingerprint density at radius 1 is 1.31 bits per heavy atom. The SMILES string of the molecule is Cn1cc(NC(=O)c2cnn3ccc(N[C@@H]4CCCC[C@@H]4N)nc23)c(C#N)n1.O=C(O)C(F)(F)F. The van der Waals surface area contributed by atoms with Crippen molar-refractivity contribution in [1.82, 2.24) is 24.4 Å². The van der Waals surface area contributed by atoms with Gasteiger partial charge in [0.25, 0.3) is 5.91 Å². The molecule has 0 aliphatic heterocycles. The number of fused-ring (bicyclic) bond motifs is 1. The average Bonchev–Trinajstić information content (AvgIpc) is 3.37. The Balaban J connectivity index is 0.000000429. The predicted molar refractivity (Wildman–Crippen MR) is 116 cm³/mol. The molecular formula is C20H22F3N9O3. The molecule has 0 spiro atoms. The fourth-order valence-electron chi connectivity index (χ4n) is 3.49. The molecule has 0 unspecified atom stereocenters. The lowest BCUT2D eigenvalue weighted by atomic mass is 9.91. The highest BCUT2D eigenvalue weighted by Gasteiger charge is 2.38. The van der Waals surface area contributed by atoms with Crippen molar-refractivity contribution >= 4 is 29.0 Å². The average molecular weight is 493 g/mol.